The number of ether oxygens (including phenoxy) is 1. The number of aryl methyl sites for hydroxylation is 1. The predicted molar refractivity (Wildman–Crippen MR) is 108 cm³/mol. The smallest absolute Gasteiger partial charge is 0.322 e. The van der Waals surface area contributed by atoms with Crippen LogP contribution in [0.1, 0.15) is 16.7 Å². The van der Waals surface area contributed by atoms with Gasteiger partial charge in [-0.3, -0.25) is 0 Å². The molecule has 2 heterocycles. The number of hydrogen-bond acceptors (Lipinski definition) is 3. The highest BCUT2D eigenvalue weighted by atomic mass is 16.5. The molecule has 0 fully saturated rings. The number of rotatable bonds is 5. The van der Waals surface area contributed by atoms with Gasteiger partial charge < -0.3 is 19.5 Å². The lowest BCUT2D eigenvalue weighted by Gasteiger charge is -2.29. The van der Waals surface area contributed by atoms with Gasteiger partial charge in [0.15, 0.2) is 0 Å². The van der Waals surface area contributed by atoms with E-state index in [4.69, 9.17) is 4.74 Å². The molecular weight excluding hydrogens is 352 g/mol. The second-order valence-corrected chi connectivity index (χ2v) is 7.02. The number of imidazole rings is 1. The maximum atomic E-state index is 12.8. The lowest BCUT2D eigenvalue weighted by Crippen LogP contribution is -2.39. The SMILES string of the molecule is Cc1ccc2c(c1)CCN(C(=O)Nc1ccccc1OCCn1ccnc1)C2. The monoisotopic (exact) mass is 376 g/mol. The van der Waals surface area contributed by atoms with Crippen molar-refractivity contribution in [2.24, 2.45) is 0 Å². The maximum Gasteiger partial charge on any atom is 0.322 e. The average Bonchev–Trinajstić information content (AvgIpc) is 3.22. The Bertz CT molecular complexity index is 953. The molecule has 1 aromatic heterocycles. The first-order chi connectivity index (χ1) is 13.7. The number of urea groups is 1. The summed E-state index contributed by atoms with van der Waals surface area (Å²) in [6.45, 7) is 4.64. The predicted octanol–water partition coefficient (Wildman–Crippen LogP) is 3.86. The molecule has 4 rings (SSSR count). The van der Waals surface area contributed by atoms with Crippen LogP contribution in [0.15, 0.2) is 61.2 Å². The summed E-state index contributed by atoms with van der Waals surface area (Å²) in [7, 11) is 0. The lowest BCUT2D eigenvalue weighted by molar-refractivity contribution is 0.206. The highest BCUT2D eigenvalue weighted by Crippen LogP contribution is 2.26. The summed E-state index contributed by atoms with van der Waals surface area (Å²) in [5, 5.41) is 3.01. The molecule has 28 heavy (non-hydrogen) atoms. The molecular formula is C22H24N4O2. The fourth-order valence-corrected chi connectivity index (χ4v) is 3.43. The van der Waals surface area contributed by atoms with Gasteiger partial charge in [0, 0.05) is 25.5 Å². The molecule has 0 unspecified atom stereocenters. The molecule has 1 N–H and O–H groups in total. The Morgan fingerprint density at radius 3 is 2.96 bits per heavy atom. The Balaban J connectivity index is 1.38. The number of benzene rings is 2. The Hall–Kier alpha value is -3.28. The molecule has 1 aliphatic heterocycles. The number of carbonyl (C=O) groups is 1. The summed E-state index contributed by atoms with van der Waals surface area (Å²) in [6.07, 6.45) is 6.28. The first-order valence-corrected chi connectivity index (χ1v) is 9.51. The molecule has 0 spiro atoms. The van der Waals surface area contributed by atoms with Gasteiger partial charge in [-0.15, -0.1) is 0 Å². The second-order valence-electron chi connectivity index (χ2n) is 7.02. The van der Waals surface area contributed by atoms with E-state index in [0.717, 1.165) is 6.42 Å². The molecule has 0 aliphatic carbocycles. The Morgan fingerprint density at radius 1 is 1.21 bits per heavy atom. The van der Waals surface area contributed by atoms with Crippen LogP contribution in [0.5, 0.6) is 5.75 Å². The zero-order valence-electron chi connectivity index (χ0n) is 16.0. The summed E-state index contributed by atoms with van der Waals surface area (Å²) in [5.41, 5.74) is 4.51. The van der Waals surface area contributed by atoms with Crippen molar-refractivity contribution >= 4 is 11.7 Å². The molecule has 2 aromatic carbocycles. The molecule has 1 aliphatic rings. The van der Waals surface area contributed by atoms with Gasteiger partial charge in [-0.25, -0.2) is 9.78 Å². The van der Waals surface area contributed by atoms with E-state index >= 15 is 0 Å². The van der Waals surface area contributed by atoms with Gasteiger partial charge in [-0.05, 0) is 36.6 Å². The minimum Gasteiger partial charge on any atom is -0.490 e. The number of carbonyl (C=O) groups excluding carboxylic acids is 1. The van der Waals surface area contributed by atoms with E-state index in [0.29, 0.717) is 37.7 Å². The first-order valence-electron chi connectivity index (χ1n) is 9.51. The van der Waals surface area contributed by atoms with E-state index in [1.54, 1.807) is 12.5 Å². The zero-order valence-corrected chi connectivity index (χ0v) is 16.0. The third kappa shape index (κ3) is 4.17. The molecule has 6 heteroatoms. The normalized spacial score (nSPS) is 13.1. The van der Waals surface area contributed by atoms with Crippen LogP contribution < -0.4 is 10.1 Å². The number of nitrogens with one attached hydrogen (secondary N) is 1. The van der Waals surface area contributed by atoms with Gasteiger partial charge in [0.25, 0.3) is 0 Å². The molecule has 0 saturated carbocycles. The Kier molecular flexibility index (Phi) is 5.28. The summed E-state index contributed by atoms with van der Waals surface area (Å²) >= 11 is 0. The van der Waals surface area contributed by atoms with E-state index in [9.17, 15) is 4.79 Å². The topological polar surface area (TPSA) is 59.4 Å². The van der Waals surface area contributed by atoms with Crippen molar-refractivity contribution < 1.29 is 9.53 Å². The fraction of sp³-hybridized carbons (Fsp3) is 0.273. The van der Waals surface area contributed by atoms with Gasteiger partial charge in [-0.1, -0.05) is 35.9 Å². The van der Waals surface area contributed by atoms with Crippen LogP contribution in [0.2, 0.25) is 0 Å². The summed E-state index contributed by atoms with van der Waals surface area (Å²) in [5.74, 6) is 0.670. The minimum absolute atomic E-state index is 0.100. The Labute approximate surface area is 164 Å². The number of amides is 2. The van der Waals surface area contributed by atoms with Crippen molar-refractivity contribution in [3.8, 4) is 5.75 Å². The van der Waals surface area contributed by atoms with Crippen LogP contribution in [0.4, 0.5) is 10.5 Å². The van der Waals surface area contributed by atoms with Crippen LogP contribution >= 0.6 is 0 Å². The van der Waals surface area contributed by atoms with E-state index < -0.39 is 0 Å². The van der Waals surface area contributed by atoms with Crippen LogP contribution in [-0.2, 0) is 19.5 Å². The van der Waals surface area contributed by atoms with Crippen molar-refractivity contribution in [3.05, 3.63) is 77.9 Å². The summed E-state index contributed by atoms with van der Waals surface area (Å²) in [6, 6.07) is 13.9. The lowest BCUT2D eigenvalue weighted by atomic mass is 9.98. The Morgan fingerprint density at radius 2 is 2.11 bits per heavy atom. The van der Waals surface area contributed by atoms with Gasteiger partial charge in [0.1, 0.15) is 12.4 Å². The third-order valence-electron chi connectivity index (χ3n) is 4.96. The molecule has 6 nitrogen and oxygen atoms in total. The molecule has 2 amide bonds. The first kappa shape index (κ1) is 18.1. The average molecular weight is 376 g/mol. The summed E-state index contributed by atoms with van der Waals surface area (Å²) in [4.78, 5) is 18.7. The number of nitrogens with zero attached hydrogens (tertiary/aromatic N) is 3. The van der Waals surface area contributed by atoms with E-state index in [-0.39, 0.29) is 6.03 Å². The van der Waals surface area contributed by atoms with Gasteiger partial charge >= 0.3 is 6.03 Å². The number of fused-ring (bicyclic) bond motifs is 1. The third-order valence-corrected chi connectivity index (χ3v) is 4.96. The zero-order chi connectivity index (χ0) is 19.3. The fourth-order valence-electron chi connectivity index (χ4n) is 3.43. The molecule has 0 bridgehead atoms. The van der Waals surface area contributed by atoms with E-state index in [1.807, 2.05) is 39.9 Å². The second kappa shape index (κ2) is 8.17. The molecule has 144 valence electrons. The molecule has 0 atom stereocenters. The van der Waals surface area contributed by atoms with Crippen molar-refractivity contribution in [1.29, 1.82) is 0 Å². The largest absolute Gasteiger partial charge is 0.490 e. The summed E-state index contributed by atoms with van der Waals surface area (Å²) < 4.78 is 7.84. The number of anilines is 1. The van der Waals surface area contributed by atoms with Crippen molar-refractivity contribution in [1.82, 2.24) is 14.5 Å². The van der Waals surface area contributed by atoms with Crippen molar-refractivity contribution in [2.75, 3.05) is 18.5 Å². The number of hydrogen-bond donors (Lipinski definition) is 1. The highest BCUT2D eigenvalue weighted by molar-refractivity contribution is 5.91. The van der Waals surface area contributed by atoms with Crippen molar-refractivity contribution in [2.45, 2.75) is 26.4 Å². The van der Waals surface area contributed by atoms with Gasteiger partial charge in [-0.2, -0.15) is 0 Å². The molecule has 0 radical (unpaired) electrons. The number of para-hydroxylation sites is 2. The molecule has 0 saturated heterocycles. The number of aromatic nitrogens is 2. The minimum atomic E-state index is -0.100. The van der Waals surface area contributed by atoms with Crippen LogP contribution in [0.25, 0.3) is 0 Å². The van der Waals surface area contributed by atoms with Crippen LogP contribution in [0.3, 0.4) is 0 Å². The quantitative estimate of drug-likeness (QED) is 0.736. The molecule has 3 aromatic rings. The highest BCUT2D eigenvalue weighted by Gasteiger charge is 2.21. The maximum absolute atomic E-state index is 12.8. The standard InChI is InChI=1S/C22H24N4O2/c1-17-6-7-19-15-26(10-8-18(19)14-17)22(27)24-20-4-2-3-5-21(20)28-13-12-25-11-9-23-16-25/h2-7,9,11,14,16H,8,10,12-13,15H2,1H3,(H,24,27). The van der Waals surface area contributed by atoms with Crippen LogP contribution in [-0.4, -0.2) is 33.6 Å². The van der Waals surface area contributed by atoms with Gasteiger partial charge in [0.05, 0.1) is 18.6 Å². The van der Waals surface area contributed by atoms with Crippen molar-refractivity contribution in [3.63, 3.8) is 0 Å². The van der Waals surface area contributed by atoms with E-state index in [2.05, 4.69) is 35.4 Å². The van der Waals surface area contributed by atoms with Crippen LogP contribution in [0, 0.1) is 6.92 Å². The van der Waals surface area contributed by atoms with Gasteiger partial charge in [0.2, 0.25) is 0 Å². The van der Waals surface area contributed by atoms with E-state index in [1.165, 1.54) is 16.7 Å².